The molecule has 0 aromatic carbocycles. The van der Waals surface area contributed by atoms with E-state index >= 15 is 0 Å². The molecule has 2 rings (SSSR count). The van der Waals surface area contributed by atoms with Crippen LogP contribution in [0.25, 0.3) is 0 Å². The van der Waals surface area contributed by atoms with E-state index in [2.05, 4.69) is 27.8 Å². The third-order valence-electron chi connectivity index (χ3n) is 1.58. The monoisotopic (exact) mass is 198 g/mol. The Bertz CT molecular complexity index is 267. The van der Waals surface area contributed by atoms with Gasteiger partial charge in [0.1, 0.15) is 0 Å². The maximum atomic E-state index is 4.31. The Kier molecular flexibility index (Phi) is 2.68. The number of nitrogens with zero attached hydrogens (tertiary/aromatic N) is 1. The highest BCUT2D eigenvalue weighted by Gasteiger charge is 2.05. The summed E-state index contributed by atoms with van der Waals surface area (Å²) >= 11 is 3.59. The molecule has 0 amide bonds. The largest absolute Gasteiger partial charge is 0.360 e. The van der Waals surface area contributed by atoms with Crippen LogP contribution in [0.15, 0.2) is 22.5 Å². The highest BCUT2D eigenvalue weighted by molar-refractivity contribution is 8.14. The smallest absolute Gasteiger partial charge is 0.156 e. The summed E-state index contributed by atoms with van der Waals surface area (Å²) < 4.78 is 0. The Labute approximate surface area is 80.1 Å². The molecule has 0 radical (unpaired) electrons. The van der Waals surface area contributed by atoms with Crippen LogP contribution >= 0.6 is 23.1 Å². The highest BCUT2D eigenvalue weighted by Crippen LogP contribution is 2.12. The minimum atomic E-state index is 0.920. The predicted octanol–water partition coefficient (Wildman–Crippen LogP) is 1.94. The summed E-state index contributed by atoms with van der Waals surface area (Å²) in [4.78, 5) is 5.67. The molecular formula is C8H10N2S2. The molecule has 0 fully saturated rings. The minimum absolute atomic E-state index is 0.920. The van der Waals surface area contributed by atoms with Crippen molar-refractivity contribution in [1.29, 1.82) is 0 Å². The molecule has 0 saturated heterocycles. The zero-order chi connectivity index (χ0) is 8.23. The topological polar surface area (TPSA) is 24.4 Å². The molecule has 2 heterocycles. The predicted molar refractivity (Wildman–Crippen MR) is 55.9 cm³/mol. The molecule has 1 aliphatic rings. The van der Waals surface area contributed by atoms with E-state index in [0.29, 0.717) is 0 Å². The lowest BCUT2D eigenvalue weighted by molar-refractivity contribution is 0.942. The van der Waals surface area contributed by atoms with E-state index in [-0.39, 0.29) is 0 Å². The Morgan fingerprint density at radius 3 is 3.25 bits per heavy atom. The van der Waals surface area contributed by atoms with E-state index in [1.54, 1.807) is 11.3 Å². The molecule has 2 nitrogen and oxygen atoms in total. The van der Waals surface area contributed by atoms with Gasteiger partial charge < -0.3 is 5.32 Å². The summed E-state index contributed by atoms with van der Waals surface area (Å²) in [6.45, 7) is 1.89. The van der Waals surface area contributed by atoms with Crippen LogP contribution in [0.5, 0.6) is 0 Å². The van der Waals surface area contributed by atoms with E-state index in [1.165, 1.54) is 4.88 Å². The van der Waals surface area contributed by atoms with E-state index in [9.17, 15) is 0 Å². The maximum absolute atomic E-state index is 4.31. The van der Waals surface area contributed by atoms with Crippen LogP contribution in [-0.2, 0) is 6.54 Å². The van der Waals surface area contributed by atoms with Crippen LogP contribution in [0.2, 0.25) is 0 Å². The molecule has 0 unspecified atom stereocenters. The van der Waals surface area contributed by atoms with Gasteiger partial charge in [0.2, 0.25) is 0 Å². The van der Waals surface area contributed by atoms with E-state index in [4.69, 9.17) is 0 Å². The molecule has 0 saturated carbocycles. The van der Waals surface area contributed by atoms with Gasteiger partial charge in [-0.25, -0.2) is 0 Å². The fourth-order valence-corrected chi connectivity index (χ4v) is 2.40. The first-order valence-corrected chi connectivity index (χ1v) is 5.75. The Morgan fingerprint density at radius 1 is 1.58 bits per heavy atom. The van der Waals surface area contributed by atoms with Crippen LogP contribution in [0, 0.1) is 0 Å². The van der Waals surface area contributed by atoms with Gasteiger partial charge in [0.05, 0.1) is 13.1 Å². The summed E-state index contributed by atoms with van der Waals surface area (Å²) in [5.74, 6) is 1.13. The summed E-state index contributed by atoms with van der Waals surface area (Å²) in [5.41, 5.74) is 0. The Morgan fingerprint density at radius 2 is 2.58 bits per heavy atom. The van der Waals surface area contributed by atoms with Gasteiger partial charge in [-0.15, -0.1) is 11.3 Å². The quantitative estimate of drug-likeness (QED) is 0.785. The zero-order valence-corrected chi connectivity index (χ0v) is 8.25. The number of rotatable bonds is 2. The van der Waals surface area contributed by atoms with Crippen molar-refractivity contribution in [2.24, 2.45) is 4.99 Å². The van der Waals surface area contributed by atoms with Gasteiger partial charge in [-0.05, 0) is 11.4 Å². The van der Waals surface area contributed by atoms with Gasteiger partial charge in [-0.3, -0.25) is 4.99 Å². The summed E-state index contributed by atoms with van der Waals surface area (Å²) in [6, 6.07) is 4.21. The second kappa shape index (κ2) is 3.96. The number of hydrogen-bond donors (Lipinski definition) is 1. The third-order valence-corrected chi connectivity index (χ3v) is 3.39. The molecule has 0 aliphatic carbocycles. The molecule has 0 bridgehead atoms. The van der Waals surface area contributed by atoms with Gasteiger partial charge in [0.25, 0.3) is 0 Å². The first-order valence-electron chi connectivity index (χ1n) is 3.88. The molecular weight excluding hydrogens is 188 g/mol. The number of nitrogens with one attached hydrogen (secondary N) is 1. The first-order chi connectivity index (χ1) is 5.95. The van der Waals surface area contributed by atoms with Crippen LogP contribution < -0.4 is 5.32 Å². The zero-order valence-electron chi connectivity index (χ0n) is 6.62. The van der Waals surface area contributed by atoms with Crippen molar-refractivity contribution >= 4 is 28.3 Å². The van der Waals surface area contributed by atoms with Crippen molar-refractivity contribution in [3.8, 4) is 0 Å². The number of thioether (sulfide) groups is 1. The van der Waals surface area contributed by atoms with Crippen molar-refractivity contribution in [2.75, 3.05) is 12.3 Å². The second-order valence-corrected chi connectivity index (χ2v) is 4.58. The Balaban J connectivity index is 1.82. The molecule has 0 spiro atoms. The van der Waals surface area contributed by atoms with Gasteiger partial charge in [-0.1, -0.05) is 17.8 Å². The highest BCUT2D eigenvalue weighted by atomic mass is 32.2. The number of aliphatic imine (C=N–C) groups is 1. The lowest BCUT2D eigenvalue weighted by atomic mass is 10.5. The molecule has 4 heteroatoms. The molecule has 1 aromatic rings. The Hall–Kier alpha value is -0.480. The van der Waals surface area contributed by atoms with E-state index in [0.717, 1.165) is 24.0 Å². The van der Waals surface area contributed by atoms with Gasteiger partial charge in [0, 0.05) is 10.6 Å². The molecule has 1 aliphatic heterocycles. The minimum Gasteiger partial charge on any atom is -0.360 e. The standard InChI is InChI=1S/C8H10N2S2/c1-2-7(11-4-1)6-10-8-9-3-5-12-8/h1-2,4H,3,5-6H2,(H,9,10). The molecule has 1 aromatic heterocycles. The van der Waals surface area contributed by atoms with Crippen LogP contribution in [0.1, 0.15) is 4.88 Å². The van der Waals surface area contributed by atoms with Crippen molar-refractivity contribution in [3.05, 3.63) is 22.4 Å². The van der Waals surface area contributed by atoms with Gasteiger partial charge in [0.15, 0.2) is 5.17 Å². The van der Waals surface area contributed by atoms with Crippen molar-refractivity contribution in [3.63, 3.8) is 0 Å². The molecule has 0 atom stereocenters. The second-order valence-electron chi connectivity index (χ2n) is 2.47. The lowest BCUT2D eigenvalue weighted by Gasteiger charge is -2.01. The number of hydrogen-bond acceptors (Lipinski definition) is 4. The molecule has 12 heavy (non-hydrogen) atoms. The van der Waals surface area contributed by atoms with Gasteiger partial charge >= 0.3 is 0 Å². The van der Waals surface area contributed by atoms with Crippen LogP contribution in [-0.4, -0.2) is 17.5 Å². The lowest BCUT2D eigenvalue weighted by Crippen LogP contribution is -2.17. The van der Waals surface area contributed by atoms with Crippen molar-refractivity contribution in [2.45, 2.75) is 6.54 Å². The average Bonchev–Trinajstić information content (AvgIpc) is 2.74. The molecule has 1 N–H and O–H groups in total. The maximum Gasteiger partial charge on any atom is 0.156 e. The molecule has 64 valence electrons. The summed E-state index contributed by atoms with van der Waals surface area (Å²) in [6.07, 6.45) is 0. The van der Waals surface area contributed by atoms with Crippen LogP contribution in [0.3, 0.4) is 0 Å². The summed E-state index contributed by atoms with van der Waals surface area (Å²) in [7, 11) is 0. The third kappa shape index (κ3) is 2.01. The number of amidine groups is 1. The average molecular weight is 198 g/mol. The SMILES string of the molecule is c1csc(CNC2=NCCS2)c1. The van der Waals surface area contributed by atoms with Gasteiger partial charge in [-0.2, -0.15) is 0 Å². The van der Waals surface area contributed by atoms with Crippen LogP contribution in [0.4, 0.5) is 0 Å². The van der Waals surface area contributed by atoms with E-state index < -0.39 is 0 Å². The van der Waals surface area contributed by atoms with E-state index in [1.807, 2.05) is 11.8 Å². The fourth-order valence-electron chi connectivity index (χ4n) is 1.02. The van der Waals surface area contributed by atoms with Crippen molar-refractivity contribution < 1.29 is 0 Å². The first kappa shape index (κ1) is 8.13. The van der Waals surface area contributed by atoms with Crippen molar-refractivity contribution in [1.82, 2.24) is 5.32 Å². The summed E-state index contributed by atoms with van der Waals surface area (Å²) in [5, 5.41) is 6.51. The normalized spacial score (nSPS) is 16.2. The fraction of sp³-hybridized carbons (Fsp3) is 0.375. The number of thiophene rings is 1.